The second-order valence-corrected chi connectivity index (χ2v) is 3.47. The van der Waals surface area contributed by atoms with Crippen molar-refractivity contribution in [3.05, 3.63) is 22.6 Å². The Kier molecular flexibility index (Phi) is 3.17. The normalized spacial score (nSPS) is 9.42. The molecule has 0 aliphatic heterocycles. The Morgan fingerprint density at radius 2 is 1.95 bits per heavy atom. The molecule has 0 fully saturated rings. The summed E-state index contributed by atoms with van der Waals surface area (Å²) in [5.74, 6) is 0.418. The Morgan fingerprint density at radius 3 is 2.53 bits per heavy atom. The third-order valence-corrected chi connectivity index (χ3v) is 2.34. The van der Waals surface area contributed by atoms with E-state index in [0.717, 1.165) is 0 Å². The number of nitriles is 2. The first-order chi connectivity index (χ1) is 9.17. The highest BCUT2D eigenvalue weighted by Gasteiger charge is 2.07. The molecular formula is C11H8N6O2. The summed E-state index contributed by atoms with van der Waals surface area (Å²) in [4.78, 5) is 16.3. The summed E-state index contributed by atoms with van der Waals surface area (Å²) in [6, 6.07) is 6.43. The van der Waals surface area contributed by atoms with Gasteiger partial charge in [-0.05, 0) is 6.07 Å². The number of methoxy groups -OCH3 is 1. The molecule has 0 atom stereocenters. The number of hydrogen-bond donors (Lipinski definition) is 3. The predicted molar refractivity (Wildman–Crippen MR) is 67.8 cm³/mol. The lowest BCUT2D eigenvalue weighted by Gasteiger charge is -2.07. The number of imidazole rings is 1. The molecule has 2 aromatic rings. The van der Waals surface area contributed by atoms with Crippen molar-refractivity contribution in [2.75, 3.05) is 12.5 Å². The minimum absolute atomic E-state index is 0.315. The number of rotatable bonds is 3. The van der Waals surface area contributed by atoms with E-state index in [9.17, 15) is 4.79 Å². The van der Waals surface area contributed by atoms with E-state index in [0.29, 0.717) is 22.5 Å². The maximum absolute atomic E-state index is 11.2. The largest absolute Gasteiger partial charge is 0.494 e. The molecular weight excluding hydrogens is 248 g/mol. The number of H-pyrrole nitrogens is 2. The SMILES string of the molecule is COc1cc2[nH]c(=O)[nH]c2cc1NN=C(C#N)C#N. The molecule has 0 amide bonds. The molecule has 8 heteroatoms. The van der Waals surface area contributed by atoms with Crippen LogP contribution in [0.1, 0.15) is 0 Å². The van der Waals surface area contributed by atoms with Crippen LogP contribution in [-0.4, -0.2) is 22.8 Å². The minimum atomic E-state index is -0.340. The van der Waals surface area contributed by atoms with Gasteiger partial charge in [-0.3, -0.25) is 5.43 Å². The Morgan fingerprint density at radius 1 is 1.32 bits per heavy atom. The summed E-state index contributed by atoms with van der Waals surface area (Å²) >= 11 is 0. The van der Waals surface area contributed by atoms with Crippen LogP contribution in [0.5, 0.6) is 5.75 Å². The number of anilines is 1. The van der Waals surface area contributed by atoms with Crippen LogP contribution in [0.2, 0.25) is 0 Å². The predicted octanol–water partition coefficient (Wildman–Crippen LogP) is 0.680. The van der Waals surface area contributed by atoms with Crippen LogP contribution in [0.15, 0.2) is 22.0 Å². The Bertz CT molecular complexity index is 770. The first kappa shape index (κ1) is 12.2. The molecule has 94 valence electrons. The number of nitrogens with zero attached hydrogens (tertiary/aromatic N) is 3. The van der Waals surface area contributed by atoms with Gasteiger partial charge < -0.3 is 14.7 Å². The summed E-state index contributed by atoms with van der Waals surface area (Å²) in [5, 5.41) is 20.8. The molecule has 0 bridgehead atoms. The Labute approximate surface area is 106 Å². The molecule has 1 aromatic carbocycles. The van der Waals surface area contributed by atoms with Gasteiger partial charge in [0.1, 0.15) is 23.6 Å². The van der Waals surface area contributed by atoms with Gasteiger partial charge in [-0.15, -0.1) is 0 Å². The zero-order chi connectivity index (χ0) is 13.8. The topological polar surface area (TPSA) is 130 Å². The average Bonchev–Trinajstić information content (AvgIpc) is 2.77. The van der Waals surface area contributed by atoms with Gasteiger partial charge in [0, 0.05) is 6.07 Å². The Balaban J connectivity index is 2.47. The maximum Gasteiger partial charge on any atom is 0.323 e. The number of fused-ring (bicyclic) bond motifs is 1. The monoisotopic (exact) mass is 256 g/mol. The highest BCUT2D eigenvalue weighted by Crippen LogP contribution is 2.28. The van der Waals surface area contributed by atoms with E-state index in [1.165, 1.54) is 7.11 Å². The molecule has 19 heavy (non-hydrogen) atoms. The van der Waals surface area contributed by atoms with Crippen molar-refractivity contribution >= 4 is 22.4 Å². The van der Waals surface area contributed by atoms with Gasteiger partial charge in [-0.25, -0.2) is 4.79 Å². The fourth-order valence-corrected chi connectivity index (χ4v) is 1.51. The molecule has 8 nitrogen and oxygen atoms in total. The second kappa shape index (κ2) is 4.94. The number of aromatic nitrogens is 2. The van der Waals surface area contributed by atoms with Crippen LogP contribution < -0.4 is 15.9 Å². The fourth-order valence-electron chi connectivity index (χ4n) is 1.51. The van der Waals surface area contributed by atoms with Gasteiger partial charge in [0.25, 0.3) is 0 Å². The standard InChI is InChI=1S/C11H8N6O2/c1-19-10-3-8-7(14-11(18)15-8)2-9(10)17-16-6(4-12)5-13/h2-3,17H,1H3,(H2,14,15,18). The lowest BCUT2D eigenvalue weighted by molar-refractivity contribution is 0.417. The molecule has 0 unspecified atom stereocenters. The number of aromatic amines is 2. The second-order valence-electron chi connectivity index (χ2n) is 3.47. The van der Waals surface area contributed by atoms with E-state index < -0.39 is 0 Å². The molecule has 0 radical (unpaired) electrons. The van der Waals surface area contributed by atoms with Crippen molar-refractivity contribution in [2.45, 2.75) is 0 Å². The number of benzene rings is 1. The van der Waals surface area contributed by atoms with E-state index in [2.05, 4.69) is 20.5 Å². The first-order valence-corrected chi connectivity index (χ1v) is 5.12. The highest BCUT2D eigenvalue weighted by molar-refractivity contribution is 6.10. The van der Waals surface area contributed by atoms with Gasteiger partial charge in [-0.1, -0.05) is 0 Å². The third kappa shape index (κ3) is 2.37. The zero-order valence-corrected chi connectivity index (χ0v) is 9.81. The molecule has 0 aliphatic carbocycles. The number of ether oxygens (including phenoxy) is 1. The van der Waals surface area contributed by atoms with Crippen molar-refractivity contribution < 1.29 is 4.74 Å². The van der Waals surface area contributed by atoms with Crippen LogP contribution in [0.4, 0.5) is 5.69 Å². The van der Waals surface area contributed by atoms with Gasteiger partial charge in [0.2, 0.25) is 5.71 Å². The van der Waals surface area contributed by atoms with Gasteiger partial charge in [0.15, 0.2) is 0 Å². The van der Waals surface area contributed by atoms with E-state index in [1.54, 1.807) is 24.3 Å². The summed E-state index contributed by atoms with van der Waals surface area (Å²) in [6.07, 6.45) is 0. The average molecular weight is 256 g/mol. The van der Waals surface area contributed by atoms with Crippen LogP contribution in [0.3, 0.4) is 0 Å². The maximum atomic E-state index is 11.2. The van der Waals surface area contributed by atoms with Gasteiger partial charge in [-0.2, -0.15) is 15.6 Å². The van der Waals surface area contributed by atoms with E-state index >= 15 is 0 Å². The minimum Gasteiger partial charge on any atom is -0.494 e. The van der Waals surface area contributed by atoms with Crippen molar-refractivity contribution in [1.82, 2.24) is 9.97 Å². The van der Waals surface area contributed by atoms with Gasteiger partial charge >= 0.3 is 5.69 Å². The molecule has 0 saturated heterocycles. The van der Waals surface area contributed by atoms with Crippen LogP contribution in [-0.2, 0) is 0 Å². The Hall–Kier alpha value is -3.26. The molecule has 1 aromatic heterocycles. The van der Waals surface area contributed by atoms with Crippen molar-refractivity contribution in [2.24, 2.45) is 5.10 Å². The smallest absolute Gasteiger partial charge is 0.323 e. The lowest BCUT2D eigenvalue weighted by atomic mass is 10.2. The van der Waals surface area contributed by atoms with Crippen LogP contribution >= 0.6 is 0 Å². The molecule has 0 saturated carbocycles. The molecule has 2 rings (SSSR count). The molecule has 3 N–H and O–H groups in total. The van der Waals surface area contributed by atoms with E-state index in [1.807, 2.05) is 0 Å². The molecule has 1 heterocycles. The number of hydrazone groups is 1. The molecule has 0 spiro atoms. The van der Waals surface area contributed by atoms with Crippen molar-refractivity contribution in [3.63, 3.8) is 0 Å². The van der Waals surface area contributed by atoms with Crippen LogP contribution in [0, 0.1) is 22.7 Å². The van der Waals surface area contributed by atoms with Crippen molar-refractivity contribution in [1.29, 1.82) is 10.5 Å². The fraction of sp³-hybridized carbons (Fsp3) is 0.0909. The van der Waals surface area contributed by atoms with Crippen molar-refractivity contribution in [3.8, 4) is 17.9 Å². The number of hydrogen-bond acceptors (Lipinski definition) is 6. The summed E-state index contributed by atoms with van der Waals surface area (Å²) in [7, 11) is 1.45. The quantitative estimate of drug-likeness (QED) is 0.549. The third-order valence-electron chi connectivity index (χ3n) is 2.34. The van der Waals surface area contributed by atoms with E-state index in [4.69, 9.17) is 15.3 Å². The van der Waals surface area contributed by atoms with Crippen LogP contribution in [0.25, 0.3) is 11.0 Å². The van der Waals surface area contributed by atoms with E-state index in [-0.39, 0.29) is 11.4 Å². The highest BCUT2D eigenvalue weighted by atomic mass is 16.5. The molecule has 0 aliphatic rings. The summed E-state index contributed by atoms with van der Waals surface area (Å²) < 4.78 is 5.13. The summed E-state index contributed by atoms with van der Waals surface area (Å²) in [5.41, 5.74) is 3.45. The lowest BCUT2D eigenvalue weighted by Crippen LogP contribution is -1.99. The van der Waals surface area contributed by atoms with Gasteiger partial charge in [0.05, 0.1) is 18.1 Å². The number of nitrogens with one attached hydrogen (secondary N) is 3. The summed E-state index contributed by atoms with van der Waals surface area (Å²) in [6.45, 7) is 0. The zero-order valence-electron chi connectivity index (χ0n) is 9.81. The first-order valence-electron chi connectivity index (χ1n) is 5.12.